The Morgan fingerprint density at radius 1 is 0.917 bits per heavy atom. The molecule has 0 saturated heterocycles. The first-order valence-corrected chi connectivity index (χ1v) is 6.03. The number of fused-ring (bicyclic) bond motifs is 1. The topological polar surface area (TPSA) is 20.2 Å². The average molecular weight is 233 g/mol. The van der Waals surface area contributed by atoms with E-state index in [9.17, 15) is 5.11 Å². The van der Waals surface area contributed by atoms with Crippen molar-refractivity contribution in [3.8, 4) is 0 Å². The highest BCUT2D eigenvalue weighted by molar-refractivity contribution is 9.09. The Morgan fingerprint density at radius 3 is 2.25 bits per heavy atom. The summed E-state index contributed by atoms with van der Waals surface area (Å²) in [5.74, 6) is 1.37. The zero-order chi connectivity index (χ0) is 8.55. The highest BCUT2D eigenvalue weighted by atomic mass is 79.9. The predicted molar refractivity (Wildman–Crippen MR) is 53.4 cm³/mol. The third kappa shape index (κ3) is 1.56. The third-order valence-corrected chi connectivity index (χ3v) is 4.71. The Balaban J connectivity index is 2.05. The van der Waals surface area contributed by atoms with Crippen LogP contribution in [0.1, 0.15) is 38.5 Å². The van der Waals surface area contributed by atoms with Gasteiger partial charge in [-0.1, -0.05) is 28.8 Å². The zero-order valence-electron chi connectivity index (χ0n) is 7.38. The molecule has 1 N–H and O–H groups in total. The van der Waals surface area contributed by atoms with Crippen LogP contribution in [-0.4, -0.2) is 16.0 Å². The average Bonchev–Trinajstić information content (AvgIpc) is 2.12. The lowest BCUT2D eigenvalue weighted by Crippen LogP contribution is -2.40. The maximum Gasteiger partial charge on any atom is 0.0571 e. The Morgan fingerprint density at radius 2 is 1.58 bits per heavy atom. The predicted octanol–water partition coefficient (Wildman–Crippen LogP) is 2.71. The molecular formula is C10H17BrO. The lowest BCUT2D eigenvalue weighted by atomic mass is 9.69. The molecule has 2 aliphatic rings. The van der Waals surface area contributed by atoms with E-state index in [1.807, 2.05) is 0 Å². The van der Waals surface area contributed by atoms with E-state index in [0.717, 1.165) is 12.3 Å². The Labute approximate surface area is 82.7 Å². The van der Waals surface area contributed by atoms with Crippen molar-refractivity contribution < 1.29 is 5.11 Å². The molecule has 4 atom stereocenters. The summed E-state index contributed by atoms with van der Waals surface area (Å²) in [6.07, 6.45) is 7.47. The molecule has 0 spiro atoms. The minimum Gasteiger partial charge on any atom is -0.393 e. The Bertz CT molecular complexity index is 142. The van der Waals surface area contributed by atoms with Crippen LogP contribution in [0.3, 0.4) is 0 Å². The van der Waals surface area contributed by atoms with E-state index in [4.69, 9.17) is 0 Å². The number of hydrogen-bond donors (Lipinski definition) is 1. The van der Waals surface area contributed by atoms with Gasteiger partial charge in [0, 0.05) is 4.83 Å². The van der Waals surface area contributed by atoms with Gasteiger partial charge < -0.3 is 5.11 Å². The van der Waals surface area contributed by atoms with E-state index >= 15 is 0 Å². The van der Waals surface area contributed by atoms with Gasteiger partial charge in [-0.25, -0.2) is 0 Å². The standard InChI is InChI=1S/C10H17BrO/c11-9-5-6-10(12)8-4-2-1-3-7(8)9/h7-10,12H,1-6H2/t7-,8+,9-,10-/m1/s1. The van der Waals surface area contributed by atoms with Crippen LogP contribution in [0.4, 0.5) is 0 Å². The van der Waals surface area contributed by atoms with Crippen LogP contribution in [0.15, 0.2) is 0 Å². The van der Waals surface area contributed by atoms with E-state index in [0.29, 0.717) is 10.7 Å². The molecule has 0 amide bonds. The number of rotatable bonds is 0. The lowest BCUT2D eigenvalue weighted by Gasteiger charge is -2.42. The maximum atomic E-state index is 9.80. The van der Waals surface area contributed by atoms with Crippen LogP contribution in [0.5, 0.6) is 0 Å². The van der Waals surface area contributed by atoms with Crippen molar-refractivity contribution in [2.45, 2.75) is 49.5 Å². The smallest absolute Gasteiger partial charge is 0.0571 e. The highest BCUT2D eigenvalue weighted by Crippen LogP contribution is 2.43. The Kier molecular flexibility index (Phi) is 2.75. The van der Waals surface area contributed by atoms with Crippen LogP contribution < -0.4 is 0 Å². The summed E-state index contributed by atoms with van der Waals surface area (Å²) in [5.41, 5.74) is 0. The second kappa shape index (κ2) is 3.67. The molecule has 12 heavy (non-hydrogen) atoms. The normalized spacial score (nSPS) is 48.5. The van der Waals surface area contributed by atoms with Crippen molar-refractivity contribution >= 4 is 15.9 Å². The largest absolute Gasteiger partial charge is 0.393 e. The van der Waals surface area contributed by atoms with Gasteiger partial charge in [-0.3, -0.25) is 0 Å². The summed E-state index contributed by atoms with van der Waals surface area (Å²) in [6.45, 7) is 0. The molecule has 2 aliphatic carbocycles. The maximum absolute atomic E-state index is 9.80. The molecule has 2 fully saturated rings. The van der Waals surface area contributed by atoms with Crippen molar-refractivity contribution in [2.75, 3.05) is 0 Å². The first-order valence-electron chi connectivity index (χ1n) is 5.11. The first kappa shape index (κ1) is 9.01. The highest BCUT2D eigenvalue weighted by Gasteiger charge is 2.38. The summed E-state index contributed by atoms with van der Waals surface area (Å²) in [4.78, 5) is 0.686. The fraction of sp³-hybridized carbons (Fsp3) is 1.00. The van der Waals surface area contributed by atoms with E-state index in [1.165, 1.54) is 32.1 Å². The minimum atomic E-state index is 0.00380. The van der Waals surface area contributed by atoms with Gasteiger partial charge >= 0.3 is 0 Å². The number of hydrogen-bond acceptors (Lipinski definition) is 1. The number of alkyl halides is 1. The monoisotopic (exact) mass is 232 g/mol. The van der Waals surface area contributed by atoms with Crippen molar-refractivity contribution in [3.63, 3.8) is 0 Å². The number of aliphatic hydroxyl groups is 1. The van der Waals surface area contributed by atoms with Gasteiger partial charge in [-0.2, -0.15) is 0 Å². The van der Waals surface area contributed by atoms with Gasteiger partial charge in [0.2, 0.25) is 0 Å². The zero-order valence-corrected chi connectivity index (χ0v) is 8.96. The van der Waals surface area contributed by atoms with Crippen molar-refractivity contribution in [3.05, 3.63) is 0 Å². The lowest BCUT2D eigenvalue weighted by molar-refractivity contribution is 0.0150. The van der Waals surface area contributed by atoms with Gasteiger partial charge in [0.1, 0.15) is 0 Å². The quantitative estimate of drug-likeness (QED) is 0.638. The molecule has 0 aromatic heterocycles. The van der Waals surface area contributed by atoms with E-state index in [2.05, 4.69) is 15.9 Å². The molecule has 0 radical (unpaired) electrons. The van der Waals surface area contributed by atoms with Crippen LogP contribution in [0.25, 0.3) is 0 Å². The number of halogens is 1. The second-order valence-corrected chi connectivity index (χ2v) is 5.45. The summed E-state index contributed by atoms with van der Waals surface area (Å²) in [5, 5.41) is 9.80. The molecule has 0 heterocycles. The molecule has 70 valence electrons. The van der Waals surface area contributed by atoms with E-state index in [-0.39, 0.29) is 6.10 Å². The van der Waals surface area contributed by atoms with Crippen LogP contribution in [0, 0.1) is 11.8 Å². The van der Waals surface area contributed by atoms with Crippen LogP contribution in [-0.2, 0) is 0 Å². The first-order chi connectivity index (χ1) is 5.79. The number of aliphatic hydroxyl groups excluding tert-OH is 1. The summed E-state index contributed by atoms with van der Waals surface area (Å²) >= 11 is 3.75. The Hall–Kier alpha value is 0.440. The molecule has 2 heteroatoms. The summed E-state index contributed by atoms with van der Waals surface area (Å²) in [6, 6.07) is 0. The molecule has 2 saturated carbocycles. The second-order valence-electron chi connectivity index (χ2n) is 4.27. The van der Waals surface area contributed by atoms with E-state index in [1.54, 1.807) is 0 Å². The van der Waals surface area contributed by atoms with Gasteiger partial charge in [0.15, 0.2) is 0 Å². The SMILES string of the molecule is O[C@@H]1CC[C@@H](Br)[C@@H]2CCCC[C@@H]21. The van der Waals surface area contributed by atoms with Crippen molar-refractivity contribution in [2.24, 2.45) is 11.8 Å². The van der Waals surface area contributed by atoms with Crippen molar-refractivity contribution in [1.29, 1.82) is 0 Å². The van der Waals surface area contributed by atoms with Gasteiger partial charge in [0.25, 0.3) is 0 Å². The molecule has 0 aliphatic heterocycles. The molecular weight excluding hydrogens is 216 g/mol. The minimum absolute atomic E-state index is 0.00380. The fourth-order valence-corrected chi connectivity index (χ4v) is 3.79. The van der Waals surface area contributed by atoms with Gasteiger partial charge in [-0.05, 0) is 37.5 Å². The molecule has 0 unspecified atom stereocenters. The summed E-state index contributed by atoms with van der Waals surface area (Å²) < 4.78 is 0. The van der Waals surface area contributed by atoms with Crippen LogP contribution >= 0.6 is 15.9 Å². The van der Waals surface area contributed by atoms with Crippen molar-refractivity contribution in [1.82, 2.24) is 0 Å². The van der Waals surface area contributed by atoms with E-state index < -0.39 is 0 Å². The van der Waals surface area contributed by atoms with Gasteiger partial charge in [-0.15, -0.1) is 0 Å². The molecule has 0 aromatic carbocycles. The molecule has 2 rings (SSSR count). The molecule has 0 bridgehead atoms. The fourth-order valence-electron chi connectivity index (χ4n) is 2.87. The van der Waals surface area contributed by atoms with Gasteiger partial charge in [0.05, 0.1) is 6.10 Å². The van der Waals surface area contributed by atoms with Crippen LogP contribution in [0.2, 0.25) is 0 Å². The molecule has 0 aromatic rings. The third-order valence-electron chi connectivity index (χ3n) is 3.57. The molecule has 1 nitrogen and oxygen atoms in total. The summed E-state index contributed by atoms with van der Waals surface area (Å²) in [7, 11) is 0.